The third-order valence-electron chi connectivity index (χ3n) is 4.47. The fourth-order valence-electron chi connectivity index (χ4n) is 2.95. The maximum atomic E-state index is 12.5. The molecular formula is C23H29N3O3. The minimum atomic E-state index is -0.228. The standard InChI is InChI=1S/C23H29N3O3/c1-3-15-26(17-22(28)25-20-12-8-7-9-18(20)2)23(29)13-14-24-21(27)16-19-10-5-4-6-11-19/h4-12H,3,13-17H2,1-2H3,(H,24,27)(H,25,28). The van der Waals surface area contributed by atoms with Gasteiger partial charge in [-0.05, 0) is 30.5 Å². The Morgan fingerprint density at radius 1 is 0.931 bits per heavy atom. The van der Waals surface area contributed by atoms with E-state index in [1.165, 1.54) is 4.90 Å². The molecule has 29 heavy (non-hydrogen) atoms. The number of benzene rings is 2. The summed E-state index contributed by atoms with van der Waals surface area (Å²) in [4.78, 5) is 38.4. The van der Waals surface area contributed by atoms with Crippen LogP contribution >= 0.6 is 0 Å². The van der Waals surface area contributed by atoms with Gasteiger partial charge in [-0.2, -0.15) is 0 Å². The largest absolute Gasteiger partial charge is 0.355 e. The van der Waals surface area contributed by atoms with Gasteiger partial charge in [0, 0.05) is 25.2 Å². The first-order valence-corrected chi connectivity index (χ1v) is 9.93. The van der Waals surface area contributed by atoms with E-state index in [-0.39, 0.29) is 43.7 Å². The average Bonchev–Trinajstić information content (AvgIpc) is 2.70. The summed E-state index contributed by atoms with van der Waals surface area (Å²) in [7, 11) is 0. The van der Waals surface area contributed by atoms with Crippen molar-refractivity contribution in [1.29, 1.82) is 0 Å². The van der Waals surface area contributed by atoms with Gasteiger partial charge >= 0.3 is 0 Å². The van der Waals surface area contributed by atoms with Gasteiger partial charge in [0.15, 0.2) is 0 Å². The Bertz CT molecular complexity index is 821. The molecule has 0 radical (unpaired) electrons. The fourth-order valence-corrected chi connectivity index (χ4v) is 2.95. The lowest BCUT2D eigenvalue weighted by Gasteiger charge is -2.22. The van der Waals surface area contributed by atoms with Gasteiger partial charge < -0.3 is 15.5 Å². The first kappa shape index (κ1) is 22.1. The molecule has 0 saturated carbocycles. The molecule has 2 rings (SSSR count). The quantitative estimate of drug-likeness (QED) is 0.649. The van der Waals surface area contributed by atoms with Gasteiger partial charge in [-0.15, -0.1) is 0 Å². The van der Waals surface area contributed by atoms with Crippen molar-refractivity contribution in [2.24, 2.45) is 0 Å². The van der Waals surface area contributed by atoms with Gasteiger partial charge in [0.05, 0.1) is 13.0 Å². The number of aryl methyl sites for hydroxylation is 1. The predicted molar refractivity (Wildman–Crippen MR) is 114 cm³/mol. The Balaban J connectivity index is 1.79. The zero-order valence-corrected chi connectivity index (χ0v) is 17.1. The molecular weight excluding hydrogens is 366 g/mol. The molecule has 0 spiro atoms. The summed E-state index contributed by atoms with van der Waals surface area (Å²) < 4.78 is 0. The minimum absolute atomic E-state index is 0.00102. The van der Waals surface area contributed by atoms with E-state index < -0.39 is 0 Å². The molecule has 154 valence electrons. The van der Waals surface area contributed by atoms with Gasteiger partial charge in [-0.1, -0.05) is 55.5 Å². The molecule has 2 N–H and O–H groups in total. The molecule has 0 saturated heterocycles. The van der Waals surface area contributed by atoms with Crippen LogP contribution in [0.4, 0.5) is 5.69 Å². The lowest BCUT2D eigenvalue weighted by Crippen LogP contribution is -2.40. The number of carbonyl (C=O) groups excluding carboxylic acids is 3. The SMILES string of the molecule is CCCN(CC(=O)Nc1ccccc1C)C(=O)CCNC(=O)Cc1ccccc1. The number of para-hydroxylation sites is 1. The molecule has 0 aromatic heterocycles. The van der Waals surface area contributed by atoms with Crippen LogP contribution in [-0.4, -0.2) is 42.3 Å². The van der Waals surface area contributed by atoms with Gasteiger partial charge in [-0.3, -0.25) is 14.4 Å². The maximum Gasteiger partial charge on any atom is 0.244 e. The Kier molecular flexibility index (Phi) is 8.89. The van der Waals surface area contributed by atoms with Crippen molar-refractivity contribution in [2.75, 3.05) is 25.0 Å². The summed E-state index contributed by atoms with van der Waals surface area (Å²) >= 11 is 0. The normalized spacial score (nSPS) is 10.3. The molecule has 0 unspecified atom stereocenters. The zero-order chi connectivity index (χ0) is 21.1. The van der Waals surface area contributed by atoms with Gasteiger partial charge in [0.2, 0.25) is 17.7 Å². The first-order chi connectivity index (χ1) is 14.0. The van der Waals surface area contributed by atoms with E-state index in [2.05, 4.69) is 10.6 Å². The summed E-state index contributed by atoms with van der Waals surface area (Å²) in [5.74, 6) is -0.496. The van der Waals surface area contributed by atoms with E-state index >= 15 is 0 Å². The summed E-state index contributed by atoms with van der Waals surface area (Å²) in [5, 5.41) is 5.63. The lowest BCUT2D eigenvalue weighted by molar-refractivity contribution is -0.134. The van der Waals surface area contributed by atoms with Gasteiger partial charge in [0.1, 0.15) is 0 Å². The van der Waals surface area contributed by atoms with E-state index in [9.17, 15) is 14.4 Å². The number of nitrogens with one attached hydrogen (secondary N) is 2. The van der Waals surface area contributed by atoms with Crippen molar-refractivity contribution in [3.8, 4) is 0 Å². The first-order valence-electron chi connectivity index (χ1n) is 9.93. The van der Waals surface area contributed by atoms with Crippen LogP contribution in [-0.2, 0) is 20.8 Å². The molecule has 0 aliphatic carbocycles. The van der Waals surface area contributed by atoms with E-state index in [4.69, 9.17) is 0 Å². The van der Waals surface area contributed by atoms with Crippen LogP contribution in [0.15, 0.2) is 54.6 Å². The topological polar surface area (TPSA) is 78.5 Å². The Morgan fingerprint density at radius 2 is 1.62 bits per heavy atom. The Morgan fingerprint density at radius 3 is 2.31 bits per heavy atom. The highest BCUT2D eigenvalue weighted by atomic mass is 16.2. The minimum Gasteiger partial charge on any atom is -0.355 e. The summed E-state index contributed by atoms with van der Waals surface area (Å²) in [5.41, 5.74) is 2.64. The average molecular weight is 396 g/mol. The molecule has 0 aliphatic heterocycles. The third-order valence-corrected chi connectivity index (χ3v) is 4.47. The molecule has 2 aromatic rings. The molecule has 6 heteroatoms. The predicted octanol–water partition coefficient (Wildman–Crippen LogP) is 2.92. The monoisotopic (exact) mass is 395 g/mol. The number of hydrogen-bond donors (Lipinski definition) is 2. The Labute approximate surface area is 172 Å². The molecule has 0 aliphatic rings. The van der Waals surface area contributed by atoms with Crippen molar-refractivity contribution in [3.05, 3.63) is 65.7 Å². The number of amides is 3. The highest BCUT2D eigenvalue weighted by Crippen LogP contribution is 2.13. The van der Waals surface area contributed by atoms with Crippen LogP contribution in [0.1, 0.15) is 30.9 Å². The van der Waals surface area contributed by atoms with E-state index in [0.717, 1.165) is 23.2 Å². The fraction of sp³-hybridized carbons (Fsp3) is 0.348. The van der Waals surface area contributed by atoms with E-state index in [0.29, 0.717) is 6.54 Å². The lowest BCUT2D eigenvalue weighted by atomic mass is 10.1. The van der Waals surface area contributed by atoms with Crippen LogP contribution in [0.3, 0.4) is 0 Å². The summed E-state index contributed by atoms with van der Waals surface area (Å²) in [6.45, 7) is 4.63. The number of nitrogens with zero attached hydrogens (tertiary/aromatic N) is 1. The zero-order valence-electron chi connectivity index (χ0n) is 17.1. The van der Waals surface area contributed by atoms with Crippen molar-refractivity contribution in [2.45, 2.75) is 33.1 Å². The van der Waals surface area contributed by atoms with Crippen LogP contribution in [0, 0.1) is 6.92 Å². The molecule has 0 bridgehead atoms. The smallest absolute Gasteiger partial charge is 0.244 e. The number of carbonyl (C=O) groups is 3. The highest BCUT2D eigenvalue weighted by Gasteiger charge is 2.17. The molecule has 0 heterocycles. The molecule has 0 atom stereocenters. The number of rotatable bonds is 10. The van der Waals surface area contributed by atoms with Crippen molar-refractivity contribution >= 4 is 23.4 Å². The second-order valence-electron chi connectivity index (χ2n) is 6.94. The maximum absolute atomic E-state index is 12.5. The van der Waals surface area contributed by atoms with Crippen molar-refractivity contribution in [1.82, 2.24) is 10.2 Å². The highest BCUT2D eigenvalue weighted by molar-refractivity contribution is 5.95. The summed E-state index contributed by atoms with van der Waals surface area (Å²) in [6.07, 6.45) is 1.20. The van der Waals surface area contributed by atoms with Crippen LogP contribution in [0.2, 0.25) is 0 Å². The van der Waals surface area contributed by atoms with E-state index in [1.807, 2.05) is 68.4 Å². The molecule has 2 aromatic carbocycles. The second-order valence-corrected chi connectivity index (χ2v) is 6.94. The number of anilines is 1. The summed E-state index contributed by atoms with van der Waals surface area (Å²) in [6, 6.07) is 17.0. The third kappa shape index (κ3) is 7.78. The van der Waals surface area contributed by atoms with Crippen molar-refractivity contribution in [3.63, 3.8) is 0 Å². The Hall–Kier alpha value is -3.15. The van der Waals surface area contributed by atoms with Crippen LogP contribution < -0.4 is 10.6 Å². The van der Waals surface area contributed by atoms with Gasteiger partial charge in [0.25, 0.3) is 0 Å². The molecule has 6 nitrogen and oxygen atoms in total. The number of hydrogen-bond acceptors (Lipinski definition) is 3. The van der Waals surface area contributed by atoms with Crippen molar-refractivity contribution < 1.29 is 14.4 Å². The van der Waals surface area contributed by atoms with Crippen LogP contribution in [0.25, 0.3) is 0 Å². The van der Waals surface area contributed by atoms with E-state index in [1.54, 1.807) is 0 Å². The van der Waals surface area contributed by atoms with Gasteiger partial charge in [-0.25, -0.2) is 0 Å². The van der Waals surface area contributed by atoms with Crippen LogP contribution in [0.5, 0.6) is 0 Å². The second kappa shape index (κ2) is 11.6. The molecule has 0 fully saturated rings. The molecule has 3 amide bonds.